The maximum atomic E-state index is 11.7. The molecule has 0 aromatic carbocycles. The van der Waals surface area contributed by atoms with E-state index in [-0.39, 0.29) is 11.6 Å². The minimum Gasteiger partial charge on any atom is -0.361 e. The quantitative estimate of drug-likeness (QED) is 0.834. The molecule has 2 aromatic rings. The van der Waals surface area contributed by atoms with E-state index >= 15 is 0 Å². The number of amides is 1. The van der Waals surface area contributed by atoms with E-state index in [0.29, 0.717) is 11.6 Å². The van der Waals surface area contributed by atoms with Gasteiger partial charge in [0, 0.05) is 12.3 Å². The van der Waals surface area contributed by atoms with Gasteiger partial charge in [0.25, 0.3) is 5.91 Å². The van der Waals surface area contributed by atoms with Crippen molar-refractivity contribution in [3.63, 3.8) is 0 Å². The second-order valence-corrected chi connectivity index (χ2v) is 3.50. The van der Waals surface area contributed by atoms with Crippen LogP contribution in [0.25, 0.3) is 0 Å². The average Bonchev–Trinajstić information content (AvgIpc) is 2.65. The first-order valence-corrected chi connectivity index (χ1v) is 4.82. The van der Waals surface area contributed by atoms with Crippen molar-refractivity contribution in [2.45, 2.75) is 13.8 Å². The van der Waals surface area contributed by atoms with Gasteiger partial charge in [-0.15, -0.1) is 0 Å². The lowest BCUT2D eigenvalue weighted by Crippen LogP contribution is -2.13. The van der Waals surface area contributed by atoms with Crippen LogP contribution in [0.4, 0.5) is 5.82 Å². The van der Waals surface area contributed by atoms with Crippen molar-refractivity contribution in [2.75, 3.05) is 5.32 Å². The molecule has 0 aliphatic carbocycles. The number of nitrogens with zero attached hydrogens (tertiary/aromatic N) is 2. The van der Waals surface area contributed by atoms with Gasteiger partial charge in [-0.25, -0.2) is 4.98 Å². The first-order valence-electron chi connectivity index (χ1n) is 4.82. The second-order valence-electron chi connectivity index (χ2n) is 3.50. The van der Waals surface area contributed by atoms with Gasteiger partial charge >= 0.3 is 0 Å². The van der Waals surface area contributed by atoms with Gasteiger partial charge in [-0.05, 0) is 31.5 Å². The van der Waals surface area contributed by atoms with Gasteiger partial charge in [0.1, 0.15) is 11.6 Å². The topological polar surface area (TPSA) is 68.0 Å². The fourth-order valence-corrected chi connectivity index (χ4v) is 1.26. The molecule has 82 valence electrons. The van der Waals surface area contributed by atoms with E-state index in [9.17, 15) is 4.79 Å². The van der Waals surface area contributed by atoms with E-state index < -0.39 is 0 Å². The first-order chi connectivity index (χ1) is 7.65. The maximum Gasteiger partial charge on any atom is 0.279 e. The fraction of sp³-hybridized carbons (Fsp3) is 0.182. The number of nitrogens with one attached hydrogen (secondary N) is 1. The smallest absolute Gasteiger partial charge is 0.279 e. The Bertz CT molecular complexity index is 519. The molecule has 16 heavy (non-hydrogen) atoms. The van der Waals surface area contributed by atoms with Crippen LogP contribution in [0.15, 0.2) is 28.9 Å². The molecule has 0 aliphatic rings. The molecule has 0 bridgehead atoms. The molecule has 5 heteroatoms. The molecular weight excluding hydrogens is 206 g/mol. The van der Waals surface area contributed by atoms with Crippen molar-refractivity contribution in [2.24, 2.45) is 0 Å². The molecule has 0 atom stereocenters. The molecule has 2 heterocycles. The van der Waals surface area contributed by atoms with Gasteiger partial charge in [0.15, 0.2) is 5.69 Å². The summed E-state index contributed by atoms with van der Waals surface area (Å²) in [4.78, 5) is 15.7. The average molecular weight is 217 g/mol. The van der Waals surface area contributed by atoms with Gasteiger partial charge in [-0.3, -0.25) is 4.79 Å². The monoisotopic (exact) mass is 217 g/mol. The lowest BCUT2D eigenvalue weighted by atomic mass is 10.3. The number of aryl methyl sites for hydroxylation is 2. The molecule has 2 rings (SSSR count). The Morgan fingerprint density at radius 1 is 1.38 bits per heavy atom. The van der Waals surface area contributed by atoms with Crippen LogP contribution in [0.5, 0.6) is 0 Å². The van der Waals surface area contributed by atoms with Crippen molar-refractivity contribution in [3.05, 3.63) is 41.4 Å². The van der Waals surface area contributed by atoms with Gasteiger partial charge < -0.3 is 9.84 Å². The summed E-state index contributed by atoms with van der Waals surface area (Å²) in [6.45, 7) is 3.66. The summed E-state index contributed by atoms with van der Waals surface area (Å²) in [6, 6.07) is 5.21. The third-order valence-corrected chi connectivity index (χ3v) is 2.02. The molecule has 2 aromatic heterocycles. The zero-order chi connectivity index (χ0) is 11.5. The summed E-state index contributed by atoms with van der Waals surface area (Å²) in [5, 5.41) is 6.26. The van der Waals surface area contributed by atoms with Crippen LogP contribution in [0, 0.1) is 13.8 Å². The molecular formula is C11H11N3O2. The Kier molecular flexibility index (Phi) is 2.68. The Morgan fingerprint density at radius 2 is 2.19 bits per heavy atom. The van der Waals surface area contributed by atoms with Crippen LogP contribution in [-0.4, -0.2) is 16.0 Å². The molecule has 1 amide bonds. The zero-order valence-corrected chi connectivity index (χ0v) is 9.02. The van der Waals surface area contributed by atoms with Crippen molar-refractivity contribution < 1.29 is 9.32 Å². The van der Waals surface area contributed by atoms with Crippen molar-refractivity contribution in [3.8, 4) is 0 Å². The van der Waals surface area contributed by atoms with Crippen LogP contribution < -0.4 is 5.32 Å². The Morgan fingerprint density at radius 3 is 2.81 bits per heavy atom. The number of rotatable bonds is 2. The molecule has 1 N–H and O–H groups in total. The van der Waals surface area contributed by atoms with Crippen LogP contribution in [-0.2, 0) is 0 Å². The standard InChI is InChI=1S/C11H11N3O2/c1-7-3-4-12-10(5-7)13-11(15)9-6-8(2)16-14-9/h3-6H,1-2H3,(H,12,13,15). The Balaban J connectivity index is 2.13. The molecule has 0 fully saturated rings. The largest absolute Gasteiger partial charge is 0.361 e. The Hall–Kier alpha value is -2.17. The Labute approximate surface area is 92.5 Å². The predicted octanol–water partition coefficient (Wildman–Crippen LogP) is 1.94. The lowest BCUT2D eigenvalue weighted by molar-refractivity contribution is 0.101. The third kappa shape index (κ3) is 2.25. The summed E-state index contributed by atoms with van der Waals surface area (Å²) >= 11 is 0. The summed E-state index contributed by atoms with van der Waals surface area (Å²) in [5.74, 6) is 0.781. The summed E-state index contributed by atoms with van der Waals surface area (Å²) < 4.78 is 4.82. The van der Waals surface area contributed by atoms with Crippen molar-refractivity contribution in [1.29, 1.82) is 0 Å². The number of carbonyl (C=O) groups is 1. The number of pyridine rings is 1. The SMILES string of the molecule is Cc1ccnc(NC(=O)c2cc(C)on2)c1. The summed E-state index contributed by atoms with van der Waals surface area (Å²) in [5.41, 5.74) is 1.28. The molecule has 5 nitrogen and oxygen atoms in total. The molecule has 0 saturated carbocycles. The fourth-order valence-electron chi connectivity index (χ4n) is 1.26. The van der Waals surface area contributed by atoms with E-state index in [2.05, 4.69) is 15.5 Å². The van der Waals surface area contributed by atoms with E-state index in [1.165, 1.54) is 0 Å². The third-order valence-electron chi connectivity index (χ3n) is 2.02. The number of hydrogen-bond donors (Lipinski definition) is 1. The summed E-state index contributed by atoms with van der Waals surface area (Å²) in [7, 11) is 0. The van der Waals surface area contributed by atoms with Crippen molar-refractivity contribution >= 4 is 11.7 Å². The highest BCUT2D eigenvalue weighted by Gasteiger charge is 2.11. The van der Waals surface area contributed by atoms with Crippen LogP contribution in [0.1, 0.15) is 21.8 Å². The van der Waals surface area contributed by atoms with E-state index in [1.807, 2.05) is 13.0 Å². The minimum absolute atomic E-state index is 0.251. The number of hydrogen-bond acceptors (Lipinski definition) is 4. The normalized spacial score (nSPS) is 10.1. The highest BCUT2D eigenvalue weighted by atomic mass is 16.5. The summed E-state index contributed by atoms with van der Waals surface area (Å²) in [6.07, 6.45) is 1.64. The minimum atomic E-state index is -0.324. The van der Waals surface area contributed by atoms with E-state index in [4.69, 9.17) is 4.52 Å². The first kappa shape index (κ1) is 10.4. The van der Waals surface area contributed by atoms with E-state index in [0.717, 1.165) is 5.56 Å². The van der Waals surface area contributed by atoms with Gasteiger partial charge in [0.2, 0.25) is 0 Å². The molecule has 0 radical (unpaired) electrons. The van der Waals surface area contributed by atoms with E-state index in [1.54, 1.807) is 25.3 Å². The van der Waals surface area contributed by atoms with Gasteiger partial charge in [-0.2, -0.15) is 0 Å². The number of anilines is 1. The zero-order valence-electron chi connectivity index (χ0n) is 9.02. The van der Waals surface area contributed by atoms with Crippen molar-refractivity contribution in [1.82, 2.24) is 10.1 Å². The molecule has 0 spiro atoms. The predicted molar refractivity (Wildman–Crippen MR) is 58.2 cm³/mol. The number of aromatic nitrogens is 2. The highest BCUT2D eigenvalue weighted by Crippen LogP contribution is 2.08. The second kappa shape index (κ2) is 4.14. The molecule has 0 aliphatic heterocycles. The highest BCUT2D eigenvalue weighted by molar-refractivity contribution is 6.02. The molecule has 0 saturated heterocycles. The van der Waals surface area contributed by atoms with Gasteiger partial charge in [-0.1, -0.05) is 5.16 Å². The van der Waals surface area contributed by atoms with Gasteiger partial charge in [0.05, 0.1) is 0 Å². The van der Waals surface area contributed by atoms with Crippen LogP contribution in [0.2, 0.25) is 0 Å². The molecule has 0 unspecified atom stereocenters. The van der Waals surface area contributed by atoms with Crippen LogP contribution in [0.3, 0.4) is 0 Å². The van der Waals surface area contributed by atoms with Crippen LogP contribution >= 0.6 is 0 Å². The lowest BCUT2D eigenvalue weighted by Gasteiger charge is -2.01. The number of carbonyl (C=O) groups excluding carboxylic acids is 1. The maximum absolute atomic E-state index is 11.7.